The third kappa shape index (κ3) is 3.48. The lowest BCUT2D eigenvalue weighted by molar-refractivity contribution is 0.340. The van der Waals surface area contributed by atoms with E-state index in [1.54, 1.807) is 30.3 Å². The number of rotatable bonds is 5. The Balaban J connectivity index is 2.38. The van der Waals surface area contributed by atoms with Crippen molar-refractivity contribution in [1.29, 1.82) is 0 Å². The number of sulfonamides is 1. The van der Waals surface area contributed by atoms with E-state index in [0.717, 1.165) is 4.31 Å². The molecule has 0 unspecified atom stereocenters. The third-order valence-corrected chi connectivity index (χ3v) is 5.55. The van der Waals surface area contributed by atoms with Crippen molar-refractivity contribution in [3.05, 3.63) is 52.5 Å². The Labute approximate surface area is 140 Å². The van der Waals surface area contributed by atoms with Crippen LogP contribution in [0.5, 0.6) is 5.75 Å². The SMILES string of the molecule is CCOc1ccc(N(C)S(=O)(=O)c2cc(Cl)ccc2Cl)cc1. The van der Waals surface area contributed by atoms with Gasteiger partial charge < -0.3 is 4.74 Å². The van der Waals surface area contributed by atoms with Gasteiger partial charge in [-0.1, -0.05) is 23.2 Å². The van der Waals surface area contributed by atoms with Gasteiger partial charge in [0.15, 0.2) is 0 Å². The molecule has 0 radical (unpaired) electrons. The minimum absolute atomic E-state index is 0.0296. The molecule has 22 heavy (non-hydrogen) atoms. The summed E-state index contributed by atoms with van der Waals surface area (Å²) in [6.45, 7) is 2.43. The minimum Gasteiger partial charge on any atom is -0.494 e. The van der Waals surface area contributed by atoms with Crippen molar-refractivity contribution in [3.63, 3.8) is 0 Å². The first kappa shape index (κ1) is 16.9. The standard InChI is InChI=1S/C15H15Cl2NO3S/c1-3-21-13-7-5-12(6-8-13)18(2)22(19,20)15-10-11(16)4-9-14(15)17/h4-10H,3H2,1-2H3. The number of ether oxygens (including phenoxy) is 1. The van der Waals surface area contributed by atoms with E-state index in [0.29, 0.717) is 23.1 Å². The van der Waals surface area contributed by atoms with Gasteiger partial charge in [-0.15, -0.1) is 0 Å². The maximum atomic E-state index is 12.7. The first-order chi connectivity index (χ1) is 10.4. The van der Waals surface area contributed by atoms with Crippen LogP contribution in [0.4, 0.5) is 5.69 Å². The molecule has 118 valence electrons. The second-order valence-corrected chi connectivity index (χ2v) is 7.26. The topological polar surface area (TPSA) is 46.6 Å². The highest BCUT2D eigenvalue weighted by Crippen LogP contribution is 2.30. The minimum atomic E-state index is -3.79. The maximum Gasteiger partial charge on any atom is 0.265 e. The summed E-state index contributed by atoms with van der Waals surface area (Å²) in [5.41, 5.74) is 0.500. The van der Waals surface area contributed by atoms with Crippen molar-refractivity contribution >= 4 is 38.9 Å². The highest BCUT2D eigenvalue weighted by atomic mass is 35.5. The predicted molar refractivity (Wildman–Crippen MR) is 89.7 cm³/mol. The van der Waals surface area contributed by atoms with Gasteiger partial charge >= 0.3 is 0 Å². The summed E-state index contributed by atoms with van der Waals surface area (Å²) in [5, 5.41) is 0.435. The molecule has 0 aliphatic heterocycles. The van der Waals surface area contributed by atoms with Crippen LogP contribution in [0.1, 0.15) is 6.92 Å². The van der Waals surface area contributed by atoms with E-state index in [9.17, 15) is 8.42 Å². The second-order valence-electron chi connectivity index (χ2n) is 4.47. The number of benzene rings is 2. The molecule has 0 spiro atoms. The number of hydrogen-bond donors (Lipinski definition) is 0. The van der Waals surface area contributed by atoms with E-state index >= 15 is 0 Å². The first-order valence-electron chi connectivity index (χ1n) is 6.53. The predicted octanol–water partition coefficient (Wildman–Crippen LogP) is 4.22. The van der Waals surface area contributed by atoms with Crippen molar-refractivity contribution in [1.82, 2.24) is 0 Å². The fourth-order valence-corrected chi connectivity index (χ4v) is 3.81. The Kier molecular flexibility index (Phi) is 5.21. The molecule has 0 fully saturated rings. The molecule has 7 heteroatoms. The maximum absolute atomic E-state index is 12.7. The molecule has 0 aromatic heterocycles. The molecule has 2 aromatic carbocycles. The van der Waals surface area contributed by atoms with Crippen molar-refractivity contribution < 1.29 is 13.2 Å². The van der Waals surface area contributed by atoms with Crippen molar-refractivity contribution in [2.75, 3.05) is 18.0 Å². The zero-order valence-electron chi connectivity index (χ0n) is 12.1. The first-order valence-corrected chi connectivity index (χ1v) is 8.72. The van der Waals surface area contributed by atoms with Crippen LogP contribution in [0, 0.1) is 0 Å². The summed E-state index contributed by atoms with van der Waals surface area (Å²) >= 11 is 11.9. The molecule has 0 heterocycles. The van der Waals surface area contributed by atoms with Crippen LogP contribution < -0.4 is 9.04 Å². The average Bonchev–Trinajstić information content (AvgIpc) is 2.50. The van der Waals surface area contributed by atoms with Gasteiger partial charge in [0, 0.05) is 12.1 Å². The zero-order valence-corrected chi connectivity index (χ0v) is 14.4. The van der Waals surface area contributed by atoms with E-state index in [4.69, 9.17) is 27.9 Å². The van der Waals surface area contributed by atoms with E-state index in [-0.39, 0.29) is 9.92 Å². The Morgan fingerprint density at radius 3 is 2.32 bits per heavy atom. The van der Waals surface area contributed by atoms with Crippen LogP contribution in [0.25, 0.3) is 0 Å². The summed E-state index contributed by atoms with van der Waals surface area (Å²) in [5.74, 6) is 0.679. The normalized spacial score (nSPS) is 11.3. The molecule has 0 bridgehead atoms. The number of anilines is 1. The van der Waals surface area contributed by atoms with Crippen LogP contribution in [0.2, 0.25) is 10.0 Å². The van der Waals surface area contributed by atoms with Gasteiger partial charge in [-0.25, -0.2) is 8.42 Å². The van der Waals surface area contributed by atoms with Gasteiger partial charge in [0.1, 0.15) is 10.6 Å². The summed E-state index contributed by atoms with van der Waals surface area (Å²) in [7, 11) is -2.33. The third-order valence-electron chi connectivity index (χ3n) is 3.04. The summed E-state index contributed by atoms with van der Waals surface area (Å²) < 4.78 is 31.8. The molecule has 0 atom stereocenters. The lowest BCUT2D eigenvalue weighted by Gasteiger charge is -2.20. The van der Waals surface area contributed by atoms with E-state index in [1.807, 2.05) is 6.92 Å². The monoisotopic (exact) mass is 359 g/mol. The van der Waals surface area contributed by atoms with Crippen LogP contribution >= 0.6 is 23.2 Å². The molecular weight excluding hydrogens is 345 g/mol. The Morgan fingerprint density at radius 2 is 1.73 bits per heavy atom. The van der Waals surface area contributed by atoms with Crippen LogP contribution in [-0.4, -0.2) is 22.1 Å². The molecule has 0 aliphatic carbocycles. The largest absolute Gasteiger partial charge is 0.494 e. The fraction of sp³-hybridized carbons (Fsp3) is 0.200. The summed E-state index contributed by atoms with van der Waals surface area (Å²) in [4.78, 5) is -0.0296. The van der Waals surface area contributed by atoms with Gasteiger partial charge in [-0.3, -0.25) is 4.31 Å². The molecule has 4 nitrogen and oxygen atoms in total. The molecule has 2 rings (SSSR count). The number of nitrogens with zero attached hydrogens (tertiary/aromatic N) is 1. The molecular formula is C15H15Cl2NO3S. The molecule has 0 aliphatic rings. The van der Waals surface area contributed by atoms with Crippen LogP contribution in [0.15, 0.2) is 47.4 Å². The van der Waals surface area contributed by atoms with Gasteiger partial charge in [0.05, 0.1) is 17.3 Å². The highest BCUT2D eigenvalue weighted by molar-refractivity contribution is 7.93. The van der Waals surface area contributed by atoms with Crippen molar-refractivity contribution in [2.45, 2.75) is 11.8 Å². The lowest BCUT2D eigenvalue weighted by Crippen LogP contribution is -2.26. The van der Waals surface area contributed by atoms with E-state index in [1.165, 1.54) is 19.2 Å². The number of halogens is 2. The smallest absolute Gasteiger partial charge is 0.265 e. The van der Waals surface area contributed by atoms with Gasteiger partial charge in [-0.2, -0.15) is 0 Å². The van der Waals surface area contributed by atoms with Crippen molar-refractivity contribution in [2.24, 2.45) is 0 Å². The average molecular weight is 360 g/mol. The summed E-state index contributed by atoms with van der Waals surface area (Å²) in [6.07, 6.45) is 0. The fourth-order valence-electron chi connectivity index (χ4n) is 1.88. The molecule has 0 amide bonds. The highest BCUT2D eigenvalue weighted by Gasteiger charge is 2.24. The Hall–Kier alpha value is -1.43. The Bertz CT molecular complexity index is 761. The van der Waals surface area contributed by atoms with E-state index in [2.05, 4.69) is 0 Å². The quantitative estimate of drug-likeness (QED) is 0.802. The second kappa shape index (κ2) is 6.77. The molecule has 0 saturated heterocycles. The zero-order chi connectivity index (χ0) is 16.3. The molecule has 0 N–H and O–H groups in total. The van der Waals surface area contributed by atoms with Crippen LogP contribution in [0.3, 0.4) is 0 Å². The van der Waals surface area contributed by atoms with Crippen LogP contribution in [-0.2, 0) is 10.0 Å². The van der Waals surface area contributed by atoms with Gasteiger partial charge in [0.2, 0.25) is 0 Å². The Morgan fingerprint density at radius 1 is 1.09 bits per heavy atom. The van der Waals surface area contributed by atoms with Gasteiger partial charge in [0.25, 0.3) is 10.0 Å². The number of hydrogen-bond acceptors (Lipinski definition) is 3. The lowest BCUT2D eigenvalue weighted by atomic mass is 10.3. The van der Waals surface area contributed by atoms with Gasteiger partial charge in [-0.05, 0) is 49.4 Å². The van der Waals surface area contributed by atoms with Crippen molar-refractivity contribution in [3.8, 4) is 5.75 Å². The molecule has 0 saturated carbocycles. The van der Waals surface area contributed by atoms with E-state index < -0.39 is 10.0 Å². The molecule has 2 aromatic rings. The summed E-state index contributed by atoms with van der Waals surface area (Å²) in [6, 6.07) is 11.1.